The number of hydrogen-bond donors (Lipinski definition) is 2. The zero-order chi connectivity index (χ0) is 13.4. The molecule has 1 unspecified atom stereocenters. The Hall–Kier alpha value is -1.35. The summed E-state index contributed by atoms with van der Waals surface area (Å²) in [4.78, 5) is 11.8. The topological polar surface area (TPSA) is 55.1 Å². The number of nitrogens with one attached hydrogen (secondary N) is 1. The highest BCUT2D eigenvalue weighted by molar-refractivity contribution is 5.91. The molecular weight excluding hydrogens is 224 g/mol. The lowest BCUT2D eigenvalue weighted by molar-refractivity contribution is -0.116. The predicted octanol–water partition coefficient (Wildman–Crippen LogP) is 3.62. The second kappa shape index (κ2) is 7.88. The highest BCUT2D eigenvalue weighted by atomic mass is 16.1. The number of benzene rings is 1. The van der Waals surface area contributed by atoms with Crippen LogP contribution in [0.4, 0.5) is 5.69 Å². The first kappa shape index (κ1) is 14.7. The Bertz CT molecular complexity index is 375. The fourth-order valence-electron chi connectivity index (χ4n) is 1.93. The monoisotopic (exact) mass is 248 g/mol. The van der Waals surface area contributed by atoms with E-state index in [1.807, 2.05) is 31.2 Å². The Morgan fingerprint density at radius 1 is 1.28 bits per heavy atom. The predicted molar refractivity (Wildman–Crippen MR) is 76.4 cm³/mol. The lowest BCUT2D eigenvalue weighted by atomic mass is 10.1. The molecule has 0 saturated heterocycles. The van der Waals surface area contributed by atoms with E-state index in [9.17, 15) is 4.79 Å². The van der Waals surface area contributed by atoms with E-state index in [1.165, 1.54) is 12.8 Å². The minimum absolute atomic E-state index is 0.0680. The van der Waals surface area contributed by atoms with E-state index < -0.39 is 0 Å². The van der Waals surface area contributed by atoms with Crippen LogP contribution in [0, 0.1) is 0 Å². The van der Waals surface area contributed by atoms with Crippen molar-refractivity contribution < 1.29 is 4.79 Å². The van der Waals surface area contributed by atoms with Crippen LogP contribution in [0.2, 0.25) is 0 Å². The third-order valence-electron chi connectivity index (χ3n) is 2.98. The van der Waals surface area contributed by atoms with Gasteiger partial charge in [0.15, 0.2) is 0 Å². The number of carbonyl (C=O) groups is 1. The van der Waals surface area contributed by atoms with Crippen LogP contribution in [-0.4, -0.2) is 5.91 Å². The summed E-state index contributed by atoms with van der Waals surface area (Å²) in [7, 11) is 0. The van der Waals surface area contributed by atoms with E-state index >= 15 is 0 Å². The maximum Gasteiger partial charge on any atom is 0.224 e. The van der Waals surface area contributed by atoms with Gasteiger partial charge >= 0.3 is 0 Å². The Labute approximate surface area is 110 Å². The molecule has 0 aliphatic carbocycles. The molecule has 0 spiro atoms. The van der Waals surface area contributed by atoms with Gasteiger partial charge in [-0.1, -0.05) is 44.4 Å². The summed E-state index contributed by atoms with van der Waals surface area (Å²) >= 11 is 0. The van der Waals surface area contributed by atoms with Crippen LogP contribution in [-0.2, 0) is 4.79 Å². The number of unbranched alkanes of at least 4 members (excludes halogenated alkanes) is 3. The van der Waals surface area contributed by atoms with Crippen LogP contribution in [0.1, 0.15) is 57.6 Å². The molecule has 1 aromatic rings. The fourth-order valence-corrected chi connectivity index (χ4v) is 1.93. The third kappa shape index (κ3) is 4.88. The van der Waals surface area contributed by atoms with Crippen LogP contribution in [0.25, 0.3) is 0 Å². The van der Waals surface area contributed by atoms with Gasteiger partial charge in [-0.15, -0.1) is 0 Å². The molecule has 0 aliphatic heterocycles. The maximum absolute atomic E-state index is 11.8. The molecule has 1 amide bonds. The number of amides is 1. The highest BCUT2D eigenvalue weighted by Gasteiger charge is 2.08. The lowest BCUT2D eigenvalue weighted by Crippen LogP contribution is -2.15. The second-order valence-electron chi connectivity index (χ2n) is 4.73. The fraction of sp³-hybridized carbons (Fsp3) is 0.533. The quantitative estimate of drug-likeness (QED) is 0.724. The molecule has 0 aromatic heterocycles. The molecule has 1 rings (SSSR count). The zero-order valence-corrected chi connectivity index (χ0v) is 11.4. The summed E-state index contributed by atoms with van der Waals surface area (Å²) in [5.74, 6) is 0.0826. The van der Waals surface area contributed by atoms with Crippen LogP contribution < -0.4 is 11.1 Å². The minimum Gasteiger partial charge on any atom is -0.326 e. The zero-order valence-electron chi connectivity index (χ0n) is 11.4. The first-order valence-electron chi connectivity index (χ1n) is 6.79. The van der Waals surface area contributed by atoms with Crippen LogP contribution in [0.3, 0.4) is 0 Å². The van der Waals surface area contributed by atoms with E-state index in [4.69, 9.17) is 5.73 Å². The van der Waals surface area contributed by atoms with E-state index in [2.05, 4.69) is 12.2 Å². The van der Waals surface area contributed by atoms with Gasteiger partial charge in [-0.05, 0) is 25.0 Å². The van der Waals surface area contributed by atoms with Crippen molar-refractivity contribution in [2.45, 2.75) is 52.0 Å². The molecular formula is C15H24N2O. The molecule has 1 aromatic carbocycles. The van der Waals surface area contributed by atoms with Gasteiger partial charge in [0.25, 0.3) is 0 Å². The summed E-state index contributed by atoms with van der Waals surface area (Å²) in [6.45, 7) is 4.09. The van der Waals surface area contributed by atoms with Gasteiger partial charge in [-0.25, -0.2) is 0 Å². The number of anilines is 1. The number of carbonyl (C=O) groups excluding carboxylic acids is 1. The van der Waals surface area contributed by atoms with E-state index in [0.717, 1.165) is 24.1 Å². The molecule has 1 atom stereocenters. The molecule has 0 heterocycles. The molecule has 0 saturated carbocycles. The van der Waals surface area contributed by atoms with Gasteiger partial charge in [0.05, 0.1) is 0 Å². The van der Waals surface area contributed by atoms with Gasteiger partial charge < -0.3 is 11.1 Å². The highest BCUT2D eigenvalue weighted by Crippen LogP contribution is 2.21. The van der Waals surface area contributed by atoms with Crippen molar-refractivity contribution in [3.05, 3.63) is 29.8 Å². The Balaban J connectivity index is 2.49. The Kier molecular flexibility index (Phi) is 6.44. The summed E-state index contributed by atoms with van der Waals surface area (Å²) < 4.78 is 0. The molecule has 100 valence electrons. The molecule has 3 nitrogen and oxygen atoms in total. The summed E-state index contributed by atoms with van der Waals surface area (Å²) in [5.41, 5.74) is 7.70. The summed E-state index contributed by atoms with van der Waals surface area (Å²) in [6.07, 6.45) is 5.06. The largest absolute Gasteiger partial charge is 0.326 e. The van der Waals surface area contributed by atoms with Crippen molar-refractivity contribution >= 4 is 11.6 Å². The van der Waals surface area contributed by atoms with Crippen molar-refractivity contribution in [3.63, 3.8) is 0 Å². The first-order valence-corrected chi connectivity index (χ1v) is 6.79. The van der Waals surface area contributed by atoms with E-state index in [1.54, 1.807) is 0 Å². The van der Waals surface area contributed by atoms with Crippen molar-refractivity contribution in [3.8, 4) is 0 Å². The molecule has 3 N–H and O–H groups in total. The molecule has 0 fully saturated rings. The second-order valence-corrected chi connectivity index (χ2v) is 4.73. The average Bonchev–Trinajstić information content (AvgIpc) is 2.35. The standard InChI is InChI=1S/C15H24N2O/c1-3-4-5-6-11-15(18)17-14-10-8-7-9-13(14)12(2)16/h7-10,12H,3-6,11,16H2,1-2H3,(H,17,18). The van der Waals surface area contributed by atoms with Crippen molar-refractivity contribution in [1.82, 2.24) is 0 Å². The van der Waals surface area contributed by atoms with Crippen LogP contribution >= 0.6 is 0 Å². The lowest BCUT2D eigenvalue weighted by Gasteiger charge is -2.13. The van der Waals surface area contributed by atoms with Gasteiger partial charge in [0, 0.05) is 18.2 Å². The smallest absolute Gasteiger partial charge is 0.224 e. The molecule has 0 radical (unpaired) electrons. The van der Waals surface area contributed by atoms with Crippen molar-refractivity contribution in [2.24, 2.45) is 5.73 Å². The molecule has 18 heavy (non-hydrogen) atoms. The number of nitrogens with two attached hydrogens (primary N) is 1. The SMILES string of the molecule is CCCCCCC(=O)Nc1ccccc1C(C)N. The normalized spacial score (nSPS) is 12.2. The van der Waals surface area contributed by atoms with Crippen LogP contribution in [0.5, 0.6) is 0 Å². The average molecular weight is 248 g/mol. The van der Waals surface area contributed by atoms with Crippen molar-refractivity contribution in [2.75, 3.05) is 5.32 Å². The number of hydrogen-bond acceptors (Lipinski definition) is 2. The van der Waals surface area contributed by atoms with Gasteiger partial charge in [-0.2, -0.15) is 0 Å². The van der Waals surface area contributed by atoms with Gasteiger partial charge in [-0.3, -0.25) is 4.79 Å². The third-order valence-corrected chi connectivity index (χ3v) is 2.98. The Morgan fingerprint density at radius 3 is 2.67 bits per heavy atom. The van der Waals surface area contributed by atoms with Crippen LogP contribution in [0.15, 0.2) is 24.3 Å². The van der Waals surface area contributed by atoms with E-state index in [0.29, 0.717) is 6.42 Å². The minimum atomic E-state index is -0.0680. The van der Waals surface area contributed by atoms with Gasteiger partial charge in [0.2, 0.25) is 5.91 Å². The summed E-state index contributed by atoms with van der Waals surface area (Å²) in [5, 5.41) is 2.95. The Morgan fingerprint density at radius 2 is 2.00 bits per heavy atom. The molecule has 3 heteroatoms. The first-order chi connectivity index (χ1) is 8.65. The maximum atomic E-state index is 11.8. The van der Waals surface area contributed by atoms with Gasteiger partial charge in [0.1, 0.15) is 0 Å². The molecule has 0 bridgehead atoms. The van der Waals surface area contributed by atoms with Crippen molar-refractivity contribution in [1.29, 1.82) is 0 Å². The number of rotatable bonds is 7. The van der Waals surface area contributed by atoms with E-state index in [-0.39, 0.29) is 11.9 Å². The number of para-hydroxylation sites is 1. The summed E-state index contributed by atoms with van der Waals surface area (Å²) in [6, 6.07) is 7.65. The molecule has 0 aliphatic rings.